The van der Waals surface area contributed by atoms with Gasteiger partial charge in [-0.1, -0.05) is 89.3 Å². The van der Waals surface area contributed by atoms with Gasteiger partial charge in [-0.15, -0.1) is 0 Å². The molecule has 3 N–H and O–H groups in total. The Bertz CT molecular complexity index is 2350. The number of cyclic esters (lactones) is 1. The summed E-state index contributed by atoms with van der Waals surface area (Å²) in [7, 11) is 4.46. The van der Waals surface area contributed by atoms with E-state index in [0.717, 1.165) is 5.57 Å². The number of carbonyl (C=O) groups excluding carboxylic acids is 7. The van der Waals surface area contributed by atoms with Gasteiger partial charge in [0.15, 0.2) is 5.78 Å². The second-order valence-electron chi connectivity index (χ2n) is 22.4. The first-order chi connectivity index (χ1) is 37.6. The number of nitrogens with one attached hydrogen (secondary N) is 1. The van der Waals surface area contributed by atoms with E-state index in [0.29, 0.717) is 75.3 Å². The van der Waals surface area contributed by atoms with Crippen LogP contribution in [0, 0.1) is 35.5 Å². The molecule has 2 amide bonds. The van der Waals surface area contributed by atoms with E-state index in [1.54, 1.807) is 71.2 Å². The lowest BCUT2D eigenvalue weighted by atomic mass is 9.78. The van der Waals surface area contributed by atoms with Crippen LogP contribution in [0.3, 0.4) is 0 Å². The van der Waals surface area contributed by atoms with E-state index < -0.39 is 108 Å². The minimum atomic E-state index is -2.47. The smallest absolute Gasteiger partial charge is 0.407 e. The molecule has 1 aromatic rings. The highest BCUT2D eigenvalue weighted by Gasteiger charge is 2.53. The molecule has 1 aliphatic carbocycles. The fourth-order valence-corrected chi connectivity index (χ4v) is 11.4. The number of alkyl carbamates (subject to hydrolysis) is 1. The van der Waals surface area contributed by atoms with Crippen molar-refractivity contribution in [2.45, 2.75) is 180 Å². The number of ether oxygens (including phenoxy) is 7. The zero-order chi connectivity index (χ0) is 58.0. The van der Waals surface area contributed by atoms with Gasteiger partial charge in [-0.3, -0.25) is 19.2 Å². The molecule has 1 saturated carbocycles. The Balaban J connectivity index is 1.38. The lowest BCUT2D eigenvalue weighted by molar-refractivity contribution is -0.265. The maximum absolute atomic E-state index is 14.6. The number of piperidine rings is 1. The Morgan fingerprint density at radius 2 is 1.58 bits per heavy atom. The highest BCUT2D eigenvalue weighted by molar-refractivity contribution is 6.39. The van der Waals surface area contributed by atoms with Crippen molar-refractivity contribution in [3.05, 3.63) is 83.5 Å². The topological polar surface area (TPSA) is 240 Å². The third-order valence-electron chi connectivity index (χ3n) is 16.3. The fourth-order valence-electron chi connectivity index (χ4n) is 11.4. The van der Waals surface area contributed by atoms with Gasteiger partial charge >= 0.3 is 18.0 Å². The summed E-state index contributed by atoms with van der Waals surface area (Å²) in [6, 6.07) is 7.30. The molecule has 18 nitrogen and oxygen atoms in total. The lowest BCUT2D eigenvalue weighted by Gasteiger charge is -2.42. The minimum absolute atomic E-state index is 0.00825. The molecule has 18 heteroatoms. The van der Waals surface area contributed by atoms with E-state index in [2.05, 4.69) is 5.32 Å². The Labute approximate surface area is 467 Å². The Kier molecular flexibility index (Phi) is 25.3. The summed E-state index contributed by atoms with van der Waals surface area (Å²) in [5.74, 6) is -9.09. The van der Waals surface area contributed by atoms with Crippen molar-refractivity contribution in [1.82, 2.24) is 10.2 Å². The van der Waals surface area contributed by atoms with E-state index in [-0.39, 0.29) is 55.9 Å². The summed E-state index contributed by atoms with van der Waals surface area (Å²) in [6.07, 6.45) is 9.31. The molecule has 3 heterocycles. The van der Waals surface area contributed by atoms with Gasteiger partial charge in [0.25, 0.3) is 11.7 Å². The zero-order valence-electron chi connectivity index (χ0n) is 48.1. The number of hydrogen-bond acceptors (Lipinski definition) is 16. The van der Waals surface area contributed by atoms with Crippen LogP contribution in [-0.2, 0) is 57.1 Å². The average molecular weight is 1110 g/mol. The number of aliphatic hydroxyl groups excluding tert-OH is 1. The van der Waals surface area contributed by atoms with Gasteiger partial charge in [-0.2, -0.15) is 0 Å². The number of allylic oxidation sites excluding steroid dienone is 6. The van der Waals surface area contributed by atoms with Crippen LogP contribution in [0.5, 0.6) is 0 Å². The second kappa shape index (κ2) is 31.0. The maximum Gasteiger partial charge on any atom is 0.407 e. The quantitative estimate of drug-likeness (QED) is 0.0630. The highest BCUT2D eigenvalue weighted by Crippen LogP contribution is 2.38. The summed E-state index contributed by atoms with van der Waals surface area (Å²) >= 11 is 0. The fraction of sp³-hybridized carbons (Fsp3) is 0.656. The summed E-state index contributed by atoms with van der Waals surface area (Å²) in [4.78, 5) is 97.9. The number of carbonyl (C=O) groups is 7. The van der Waals surface area contributed by atoms with Crippen LogP contribution in [0.2, 0.25) is 0 Å². The van der Waals surface area contributed by atoms with E-state index in [4.69, 9.17) is 33.2 Å². The van der Waals surface area contributed by atoms with Crippen LogP contribution in [0.15, 0.2) is 77.9 Å². The molecule has 3 fully saturated rings. The summed E-state index contributed by atoms with van der Waals surface area (Å²) in [5, 5.41) is 26.2. The zero-order valence-corrected chi connectivity index (χ0v) is 48.1. The van der Waals surface area contributed by atoms with Gasteiger partial charge in [0.1, 0.15) is 42.8 Å². The first kappa shape index (κ1) is 64.5. The number of nitrogens with zero attached hydrogens (tertiary/aromatic N) is 1. The first-order valence-corrected chi connectivity index (χ1v) is 28.3. The monoisotopic (exact) mass is 1100 g/mol. The van der Waals surface area contributed by atoms with Gasteiger partial charge in [0.2, 0.25) is 5.79 Å². The number of methoxy groups -OCH3 is 3. The van der Waals surface area contributed by atoms with Crippen molar-refractivity contribution < 1.29 is 76.9 Å². The number of rotatable bonds is 11. The number of ketones is 3. The average Bonchev–Trinajstić information content (AvgIpc) is 3.46. The Hall–Kier alpha value is -5.37. The number of amides is 2. The van der Waals surface area contributed by atoms with Crippen molar-refractivity contribution in [2.75, 3.05) is 41.0 Å². The van der Waals surface area contributed by atoms with Gasteiger partial charge in [0, 0.05) is 58.5 Å². The van der Waals surface area contributed by atoms with Crippen molar-refractivity contribution in [1.29, 1.82) is 0 Å². The molecule has 3 aliphatic heterocycles. The Morgan fingerprint density at radius 3 is 2.28 bits per heavy atom. The van der Waals surface area contributed by atoms with Crippen LogP contribution in [0.25, 0.3) is 0 Å². The molecule has 0 spiro atoms. The van der Waals surface area contributed by atoms with Gasteiger partial charge in [0.05, 0.1) is 30.4 Å². The van der Waals surface area contributed by atoms with E-state index >= 15 is 0 Å². The van der Waals surface area contributed by atoms with Crippen molar-refractivity contribution >= 4 is 41.3 Å². The molecule has 438 valence electrons. The van der Waals surface area contributed by atoms with Crippen molar-refractivity contribution in [2.24, 2.45) is 35.5 Å². The minimum Gasteiger partial charge on any atom is -0.460 e. The molecule has 79 heavy (non-hydrogen) atoms. The number of hydrogen-bond donors (Lipinski definition) is 3. The SMILES string of the molecule is COC1CC2CC[C@@H](C)[C@@](O)(O2)C(=O)C(=O)N2CCCC[C@H]2C(=O)OC(C(C)CC2CC[C@@H](OC(=O)NCCOC(=O)c3ccccc3)C(OC)C2)CC(=O)C(C)/C=C(\C)[C@@H](O)C(OC)C(=O)[C@H](C)CC(C)/C=C/C=C/C=C/1C. The van der Waals surface area contributed by atoms with Crippen LogP contribution in [0.1, 0.15) is 136 Å². The molecule has 0 aromatic heterocycles. The summed E-state index contributed by atoms with van der Waals surface area (Å²) in [6.45, 7) is 12.6. The first-order valence-electron chi connectivity index (χ1n) is 28.3. The van der Waals surface area contributed by atoms with E-state index in [1.165, 1.54) is 19.1 Å². The number of aliphatic hydroxyl groups is 2. The van der Waals surface area contributed by atoms with Crippen LogP contribution >= 0.6 is 0 Å². The van der Waals surface area contributed by atoms with Gasteiger partial charge in [-0.05, 0) is 119 Å². The molecule has 9 unspecified atom stereocenters. The molecule has 5 rings (SSSR count). The molecular formula is C61H88N2O16. The van der Waals surface area contributed by atoms with Crippen molar-refractivity contribution in [3.8, 4) is 0 Å². The number of benzene rings is 1. The van der Waals surface area contributed by atoms with Gasteiger partial charge in [-0.25, -0.2) is 14.4 Å². The summed E-state index contributed by atoms with van der Waals surface area (Å²) in [5.41, 5.74) is 1.61. The molecule has 4 aliphatic rings. The number of Topliss-reactive ketones (excluding diaryl/α,β-unsaturated/α-hetero) is 3. The highest BCUT2D eigenvalue weighted by atomic mass is 16.6. The van der Waals surface area contributed by atoms with E-state index in [1.807, 2.05) is 51.2 Å². The predicted octanol–water partition coefficient (Wildman–Crippen LogP) is 7.77. The molecule has 2 bridgehead atoms. The molecule has 15 atom stereocenters. The third kappa shape index (κ3) is 18.1. The lowest BCUT2D eigenvalue weighted by Crippen LogP contribution is -2.61. The molecule has 0 radical (unpaired) electrons. The van der Waals surface area contributed by atoms with Crippen LogP contribution in [-0.4, -0.2) is 152 Å². The standard InChI is InChI=1S/C61H88N2O16/c1-37-19-13-11-14-20-38(2)50(73-8)35-46-26-24-43(7)61(72,79-46)56(67)57(68)63-29-18-17-23-47(63)59(70)77-51(36-48(64)39(3)32-42(6)54(66)55(75-10)53(65)41(5)31-37)40(4)33-44-25-27-49(52(34-44)74-9)78-60(71)62-28-30-76-58(69)45-21-15-12-16-22-45/h11-16,19-22,32,37,39-41,43-44,46-47,49-52,54-55,66,72H,17-18,23-31,33-36H2,1-10H3,(H,62,71)/b14-11+,19-13+,38-20+,42-32+/t37?,39?,40?,41-,43-,44?,46?,47+,49-,50?,51?,52?,54-,55?,61-/m1/s1. The van der Waals surface area contributed by atoms with Crippen molar-refractivity contribution in [3.63, 3.8) is 0 Å². The molecule has 1 aromatic carbocycles. The molecular weight excluding hydrogens is 1020 g/mol. The third-order valence-corrected chi connectivity index (χ3v) is 16.3. The molecule has 2 saturated heterocycles. The van der Waals surface area contributed by atoms with Crippen LogP contribution in [0.4, 0.5) is 4.79 Å². The number of esters is 2. The summed E-state index contributed by atoms with van der Waals surface area (Å²) < 4.78 is 40.8. The second-order valence-corrected chi connectivity index (χ2v) is 22.4. The maximum atomic E-state index is 14.6. The van der Waals surface area contributed by atoms with Crippen LogP contribution < -0.4 is 5.32 Å². The predicted molar refractivity (Wildman–Crippen MR) is 294 cm³/mol. The normalized spacial score (nSPS) is 35.1. The Morgan fingerprint density at radius 1 is 0.848 bits per heavy atom. The number of fused-ring (bicyclic) bond motifs is 3. The van der Waals surface area contributed by atoms with E-state index in [9.17, 15) is 43.8 Å². The largest absolute Gasteiger partial charge is 0.460 e. The van der Waals surface area contributed by atoms with Gasteiger partial charge < -0.3 is 53.6 Å².